The molecule has 4 N–H and O–H groups in total. The van der Waals surface area contributed by atoms with E-state index in [-0.39, 0.29) is 17.2 Å². The minimum absolute atomic E-state index is 0.132. The highest BCUT2D eigenvalue weighted by atomic mass is 16.3. The lowest BCUT2D eigenvalue weighted by Crippen LogP contribution is -2.18. The standard InChI is InChI=1S/C23H21N3O3/c24-22(28)17-9-18(11-19(27)10-17)25-23(29)20-8-4-7-16-13-26(14-21(16)20)12-15-5-2-1-3-6-15/h1-11,27H,12-14H2,(H2,24,28)(H,25,29). The number of primary amides is 1. The number of hydrogen-bond donors (Lipinski definition) is 3. The second-order valence-electron chi connectivity index (χ2n) is 7.16. The minimum Gasteiger partial charge on any atom is -0.508 e. The van der Waals surface area contributed by atoms with Gasteiger partial charge in [-0.1, -0.05) is 42.5 Å². The van der Waals surface area contributed by atoms with Gasteiger partial charge in [0, 0.05) is 42.5 Å². The maximum atomic E-state index is 12.9. The summed E-state index contributed by atoms with van der Waals surface area (Å²) in [5, 5.41) is 12.6. The number of benzene rings is 3. The predicted octanol–water partition coefficient (Wildman–Crippen LogP) is 3.26. The summed E-state index contributed by atoms with van der Waals surface area (Å²) in [4.78, 5) is 26.6. The van der Waals surface area contributed by atoms with Crippen LogP contribution < -0.4 is 11.1 Å². The summed E-state index contributed by atoms with van der Waals surface area (Å²) >= 11 is 0. The Morgan fingerprint density at radius 1 is 1.00 bits per heavy atom. The molecule has 3 aromatic carbocycles. The van der Waals surface area contributed by atoms with Gasteiger partial charge in [-0.3, -0.25) is 14.5 Å². The van der Waals surface area contributed by atoms with Crippen LogP contribution in [0.15, 0.2) is 66.7 Å². The highest BCUT2D eigenvalue weighted by molar-refractivity contribution is 6.06. The number of carbonyl (C=O) groups excluding carboxylic acids is 2. The van der Waals surface area contributed by atoms with E-state index in [4.69, 9.17) is 5.73 Å². The van der Waals surface area contributed by atoms with E-state index in [1.54, 1.807) is 6.07 Å². The molecule has 0 radical (unpaired) electrons. The first-order valence-electron chi connectivity index (χ1n) is 9.32. The molecule has 1 aliphatic rings. The van der Waals surface area contributed by atoms with E-state index in [2.05, 4.69) is 22.3 Å². The molecule has 0 fully saturated rings. The molecular formula is C23H21N3O3. The van der Waals surface area contributed by atoms with Crippen LogP contribution in [0.25, 0.3) is 0 Å². The Morgan fingerprint density at radius 3 is 2.55 bits per heavy atom. The summed E-state index contributed by atoms with van der Waals surface area (Å²) in [7, 11) is 0. The highest BCUT2D eigenvalue weighted by Gasteiger charge is 2.24. The third-order valence-electron chi connectivity index (χ3n) is 5.00. The van der Waals surface area contributed by atoms with Crippen molar-refractivity contribution in [3.63, 3.8) is 0 Å². The molecule has 0 atom stereocenters. The monoisotopic (exact) mass is 387 g/mol. The first kappa shape index (κ1) is 18.7. The van der Waals surface area contributed by atoms with Gasteiger partial charge >= 0.3 is 0 Å². The van der Waals surface area contributed by atoms with Gasteiger partial charge in [-0.25, -0.2) is 0 Å². The number of carbonyl (C=O) groups is 2. The molecule has 146 valence electrons. The molecule has 0 spiro atoms. The summed E-state index contributed by atoms with van der Waals surface area (Å²) in [6, 6.07) is 20.0. The average molecular weight is 387 g/mol. The second kappa shape index (κ2) is 7.77. The van der Waals surface area contributed by atoms with Crippen LogP contribution in [0.1, 0.15) is 37.4 Å². The number of phenolic OH excluding ortho intramolecular Hbond substituents is 1. The zero-order chi connectivity index (χ0) is 20.4. The number of nitrogens with zero attached hydrogens (tertiary/aromatic N) is 1. The van der Waals surface area contributed by atoms with Gasteiger partial charge in [-0.05, 0) is 34.9 Å². The van der Waals surface area contributed by atoms with E-state index in [1.165, 1.54) is 23.8 Å². The molecular weight excluding hydrogens is 366 g/mol. The zero-order valence-corrected chi connectivity index (χ0v) is 15.8. The van der Waals surface area contributed by atoms with Crippen LogP contribution in [0.4, 0.5) is 5.69 Å². The van der Waals surface area contributed by atoms with E-state index in [0.29, 0.717) is 17.8 Å². The molecule has 0 unspecified atom stereocenters. The third kappa shape index (κ3) is 4.12. The molecule has 0 saturated carbocycles. The summed E-state index contributed by atoms with van der Waals surface area (Å²) in [6.45, 7) is 2.27. The molecule has 0 bridgehead atoms. The first-order valence-corrected chi connectivity index (χ1v) is 9.32. The maximum absolute atomic E-state index is 12.9. The van der Waals surface area contributed by atoms with Crippen molar-refractivity contribution in [1.29, 1.82) is 0 Å². The van der Waals surface area contributed by atoms with E-state index in [0.717, 1.165) is 24.2 Å². The summed E-state index contributed by atoms with van der Waals surface area (Å²) < 4.78 is 0. The number of nitrogens with one attached hydrogen (secondary N) is 1. The van der Waals surface area contributed by atoms with E-state index in [1.807, 2.05) is 30.3 Å². The van der Waals surface area contributed by atoms with E-state index < -0.39 is 5.91 Å². The molecule has 4 rings (SSSR count). The van der Waals surface area contributed by atoms with Gasteiger partial charge in [0.15, 0.2) is 0 Å². The maximum Gasteiger partial charge on any atom is 0.256 e. The van der Waals surface area contributed by atoms with Crippen LogP contribution in [0.5, 0.6) is 5.75 Å². The van der Waals surface area contributed by atoms with Gasteiger partial charge in [0.25, 0.3) is 5.91 Å². The van der Waals surface area contributed by atoms with E-state index >= 15 is 0 Å². The number of amides is 2. The largest absolute Gasteiger partial charge is 0.508 e. The third-order valence-corrected chi connectivity index (χ3v) is 5.00. The summed E-state index contributed by atoms with van der Waals surface area (Å²) in [6.07, 6.45) is 0. The van der Waals surface area contributed by atoms with Crippen molar-refractivity contribution in [3.8, 4) is 5.75 Å². The van der Waals surface area contributed by atoms with Gasteiger partial charge in [-0.15, -0.1) is 0 Å². The number of rotatable bonds is 5. The van der Waals surface area contributed by atoms with Crippen LogP contribution in [0.2, 0.25) is 0 Å². The Morgan fingerprint density at radius 2 is 1.79 bits per heavy atom. The van der Waals surface area contributed by atoms with Crippen molar-refractivity contribution in [3.05, 3.63) is 94.5 Å². The van der Waals surface area contributed by atoms with Gasteiger partial charge < -0.3 is 16.2 Å². The van der Waals surface area contributed by atoms with Crippen molar-refractivity contribution in [1.82, 2.24) is 4.90 Å². The molecule has 0 saturated heterocycles. The minimum atomic E-state index is -0.673. The van der Waals surface area contributed by atoms with Gasteiger partial charge in [0.05, 0.1) is 0 Å². The van der Waals surface area contributed by atoms with Gasteiger partial charge in [0.2, 0.25) is 5.91 Å². The number of fused-ring (bicyclic) bond motifs is 1. The van der Waals surface area contributed by atoms with Crippen molar-refractivity contribution >= 4 is 17.5 Å². The second-order valence-corrected chi connectivity index (χ2v) is 7.16. The number of anilines is 1. The number of hydrogen-bond acceptors (Lipinski definition) is 4. The Labute approximate surface area is 168 Å². The molecule has 0 aliphatic carbocycles. The summed E-state index contributed by atoms with van der Waals surface area (Å²) in [5.41, 5.74) is 9.67. The van der Waals surface area contributed by atoms with Gasteiger partial charge in [0.1, 0.15) is 5.75 Å². The Bertz CT molecular complexity index is 1080. The topological polar surface area (TPSA) is 95.7 Å². The Balaban J connectivity index is 1.54. The molecule has 1 aliphatic heterocycles. The number of nitrogens with two attached hydrogens (primary N) is 1. The highest BCUT2D eigenvalue weighted by Crippen LogP contribution is 2.28. The number of phenols is 1. The molecule has 0 aromatic heterocycles. The van der Waals surface area contributed by atoms with Crippen molar-refractivity contribution in [2.45, 2.75) is 19.6 Å². The fourth-order valence-corrected chi connectivity index (χ4v) is 3.68. The lowest BCUT2D eigenvalue weighted by atomic mass is 10.0. The van der Waals surface area contributed by atoms with Crippen LogP contribution in [-0.2, 0) is 19.6 Å². The smallest absolute Gasteiger partial charge is 0.256 e. The SMILES string of the molecule is NC(=O)c1cc(O)cc(NC(=O)c2cccc3c2CN(Cc2ccccc2)C3)c1. The Kier molecular flexibility index (Phi) is 5.01. The molecule has 2 amide bonds. The molecule has 29 heavy (non-hydrogen) atoms. The van der Waals surface area contributed by atoms with Crippen LogP contribution in [-0.4, -0.2) is 21.8 Å². The fourth-order valence-electron chi connectivity index (χ4n) is 3.68. The summed E-state index contributed by atoms with van der Waals surface area (Å²) in [5.74, 6) is -1.10. The van der Waals surface area contributed by atoms with Crippen molar-refractivity contribution in [2.24, 2.45) is 5.73 Å². The van der Waals surface area contributed by atoms with Crippen molar-refractivity contribution < 1.29 is 14.7 Å². The molecule has 1 heterocycles. The predicted molar refractivity (Wildman–Crippen MR) is 110 cm³/mol. The first-order chi connectivity index (χ1) is 14.0. The zero-order valence-electron chi connectivity index (χ0n) is 15.8. The van der Waals surface area contributed by atoms with Crippen LogP contribution in [0.3, 0.4) is 0 Å². The van der Waals surface area contributed by atoms with Crippen LogP contribution >= 0.6 is 0 Å². The fraction of sp³-hybridized carbons (Fsp3) is 0.130. The quantitative estimate of drug-likeness (QED) is 0.626. The Hall–Kier alpha value is -3.64. The van der Waals surface area contributed by atoms with E-state index in [9.17, 15) is 14.7 Å². The molecule has 3 aromatic rings. The lowest BCUT2D eigenvalue weighted by Gasteiger charge is -2.15. The van der Waals surface area contributed by atoms with Crippen molar-refractivity contribution in [2.75, 3.05) is 5.32 Å². The van der Waals surface area contributed by atoms with Crippen LogP contribution in [0, 0.1) is 0 Å². The lowest BCUT2D eigenvalue weighted by molar-refractivity contribution is 0.0995. The molecule has 6 nitrogen and oxygen atoms in total. The number of aromatic hydroxyl groups is 1. The molecule has 6 heteroatoms. The normalized spacial score (nSPS) is 13.1. The average Bonchev–Trinajstić information content (AvgIpc) is 3.10. The van der Waals surface area contributed by atoms with Gasteiger partial charge in [-0.2, -0.15) is 0 Å².